The zero-order valence-corrected chi connectivity index (χ0v) is 19.3. The van der Waals surface area contributed by atoms with Crippen molar-refractivity contribution in [3.63, 3.8) is 0 Å². The number of aryl methyl sites for hydroxylation is 1. The molecular formula is C24H32N2O3S. The molecule has 0 aliphatic carbocycles. The molecule has 2 aromatic carbocycles. The van der Waals surface area contributed by atoms with Crippen molar-refractivity contribution in [2.24, 2.45) is 5.92 Å². The number of amides is 2. The maximum absolute atomic E-state index is 13.1. The molecule has 2 rings (SSSR count). The molecule has 1 atom stereocenters. The smallest absolute Gasteiger partial charge is 0.242 e. The summed E-state index contributed by atoms with van der Waals surface area (Å²) in [4.78, 5) is 28.5. The van der Waals surface area contributed by atoms with Crippen LogP contribution in [-0.2, 0) is 16.1 Å². The summed E-state index contributed by atoms with van der Waals surface area (Å²) in [7, 11) is 1.61. The summed E-state index contributed by atoms with van der Waals surface area (Å²) in [5.41, 5.74) is 2.10. The average molecular weight is 429 g/mol. The maximum atomic E-state index is 13.1. The molecule has 0 aliphatic heterocycles. The molecule has 2 amide bonds. The second-order valence-electron chi connectivity index (χ2n) is 7.79. The van der Waals surface area contributed by atoms with Crippen LogP contribution >= 0.6 is 11.8 Å². The molecule has 0 radical (unpaired) electrons. The van der Waals surface area contributed by atoms with Crippen LogP contribution in [0, 0.1) is 12.8 Å². The van der Waals surface area contributed by atoms with Gasteiger partial charge in [0.2, 0.25) is 11.8 Å². The Hall–Kier alpha value is -2.47. The largest absolute Gasteiger partial charge is 0.497 e. The van der Waals surface area contributed by atoms with Crippen LogP contribution in [0.25, 0.3) is 0 Å². The minimum atomic E-state index is -0.568. The third-order valence-electron chi connectivity index (χ3n) is 4.72. The molecule has 0 aliphatic rings. The van der Waals surface area contributed by atoms with Crippen LogP contribution in [0.3, 0.4) is 0 Å². The molecule has 0 saturated heterocycles. The first-order valence-electron chi connectivity index (χ1n) is 10.2. The van der Waals surface area contributed by atoms with E-state index in [2.05, 4.69) is 5.32 Å². The molecule has 162 valence electrons. The SMILES string of the molecule is COc1cccc(CN(C(=O)CSc2ccc(C)cc2)[C@@H](C)C(=O)NCC(C)C)c1. The summed E-state index contributed by atoms with van der Waals surface area (Å²) in [5, 5.41) is 2.94. The molecule has 0 bridgehead atoms. The number of hydrogen-bond donors (Lipinski definition) is 1. The lowest BCUT2D eigenvalue weighted by molar-refractivity contribution is -0.138. The van der Waals surface area contributed by atoms with Crippen LogP contribution in [0.4, 0.5) is 0 Å². The Morgan fingerprint density at radius 3 is 2.43 bits per heavy atom. The van der Waals surface area contributed by atoms with Crippen molar-refractivity contribution in [2.45, 2.75) is 45.2 Å². The summed E-state index contributed by atoms with van der Waals surface area (Å²) in [6.07, 6.45) is 0. The number of nitrogens with one attached hydrogen (secondary N) is 1. The Bertz CT molecular complexity index is 837. The van der Waals surface area contributed by atoms with Crippen molar-refractivity contribution in [1.82, 2.24) is 10.2 Å². The van der Waals surface area contributed by atoms with E-state index in [4.69, 9.17) is 4.74 Å². The van der Waals surface area contributed by atoms with Gasteiger partial charge in [-0.25, -0.2) is 0 Å². The van der Waals surface area contributed by atoms with Gasteiger partial charge in [-0.1, -0.05) is 43.7 Å². The molecule has 1 N–H and O–H groups in total. The number of methoxy groups -OCH3 is 1. The number of carbonyl (C=O) groups is 2. The molecule has 0 heterocycles. The Morgan fingerprint density at radius 1 is 1.10 bits per heavy atom. The Morgan fingerprint density at radius 2 is 1.80 bits per heavy atom. The van der Waals surface area contributed by atoms with Gasteiger partial charge in [-0.15, -0.1) is 11.8 Å². The van der Waals surface area contributed by atoms with E-state index in [-0.39, 0.29) is 17.6 Å². The van der Waals surface area contributed by atoms with Crippen molar-refractivity contribution >= 4 is 23.6 Å². The van der Waals surface area contributed by atoms with Crippen molar-refractivity contribution in [3.05, 3.63) is 59.7 Å². The van der Waals surface area contributed by atoms with Gasteiger partial charge in [0.25, 0.3) is 0 Å². The lowest BCUT2D eigenvalue weighted by Gasteiger charge is -2.29. The number of benzene rings is 2. The van der Waals surface area contributed by atoms with E-state index in [0.717, 1.165) is 16.2 Å². The van der Waals surface area contributed by atoms with Gasteiger partial charge in [0.1, 0.15) is 11.8 Å². The highest BCUT2D eigenvalue weighted by molar-refractivity contribution is 8.00. The second kappa shape index (κ2) is 11.6. The van der Waals surface area contributed by atoms with Crippen LogP contribution in [0.15, 0.2) is 53.4 Å². The fraction of sp³-hybridized carbons (Fsp3) is 0.417. The molecule has 0 spiro atoms. The van der Waals surface area contributed by atoms with Crippen molar-refractivity contribution < 1.29 is 14.3 Å². The highest BCUT2D eigenvalue weighted by atomic mass is 32.2. The minimum Gasteiger partial charge on any atom is -0.497 e. The fourth-order valence-electron chi connectivity index (χ4n) is 2.87. The zero-order chi connectivity index (χ0) is 22.1. The van der Waals surface area contributed by atoms with E-state index in [1.165, 1.54) is 17.3 Å². The normalized spacial score (nSPS) is 11.8. The number of ether oxygens (including phenoxy) is 1. The third-order valence-corrected chi connectivity index (χ3v) is 5.72. The van der Waals surface area contributed by atoms with Crippen LogP contribution in [0.1, 0.15) is 31.9 Å². The average Bonchev–Trinajstić information content (AvgIpc) is 2.74. The lowest BCUT2D eigenvalue weighted by Crippen LogP contribution is -2.48. The second-order valence-corrected chi connectivity index (χ2v) is 8.84. The van der Waals surface area contributed by atoms with Crippen molar-refractivity contribution in [1.29, 1.82) is 0 Å². The van der Waals surface area contributed by atoms with Crippen LogP contribution in [0.5, 0.6) is 5.75 Å². The first-order valence-corrected chi connectivity index (χ1v) is 11.2. The van der Waals surface area contributed by atoms with E-state index in [1.807, 2.05) is 69.3 Å². The summed E-state index contributed by atoms with van der Waals surface area (Å²) >= 11 is 1.48. The predicted molar refractivity (Wildman–Crippen MR) is 123 cm³/mol. The Labute approximate surface area is 184 Å². The quantitative estimate of drug-likeness (QED) is 0.574. The van der Waals surface area contributed by atoms with E-state index in [1.54, 1.807) is 18.9 Å². The third kappa shape index (κ3) is 7.41. The van der Waals surface area contributed by atoms with Gasteiger partial charge in [0, 0.05) is 18.0 Å². The van der Waals surface area contributed by atoms with Gasteiger partial charge in [0.05, 0.1) is 12.9 Å². The number of carbonyl (C=O) groups excluding carboxylic acids is 2. The standard InChI is InChI=1S/C24H32N2O3S/c1-17(2)14-25-24(28)19(4)26(15-20-7-6-8-21(13-20)29-5)23(27)16-30-22-11-9-18(3)10-12-22/h6-13,17,19H,14-16H2,1-5H3,(H,25,28)/t19-/m0/s1. The molecule has 5 nitrogen and oxygen atoms in total. The topological polar surface area (TPSA) is 58.6 Å². The van der Waals surface area contributed by atoms with E-state index in [9.17, 15) is 9.59 Å². The van der Waals surface area contributed by atoms with Gasteiger partial charge in [0.15, 0.2) is 0 Å². The van der Waals surface area contributed by atoms with Crippen molar-refractivity contribution in [2.75, 3.05) is 19.4 Å². The van der Waals surface area contributed by atoms with E-state index < -0.39 is 6.04 Å². The molecular weight excluding hydrogens is 396 g/mol. The van der Waals surface area contributed by atoms with E-state index in [0.29, 0.717) is 19.0 Å². The van der Waals surface area contributed by atoms with Gasteiger partial charge < -0.3 is 15.0 Å². The van der Waals surface area contributed by atoms with Gasteiger partial charge >= 0.3 is 0 Å². The summed E-state index contributed by atoms with van der Waals surface area (Å²) in [5.74, 6) is 1.14. The summed E-state index contributed by atoms with van der Waals surface area (Å²) in [6, 6.07) is 15.1. The summed E-state index contributed by atoms with van der Waals surface area (Å²) < 4.78 is 5.30. The molecule has 0 unspecified atom stereocenters. The molecule has 30 heavy (non-hydrogen) atoms. The van der Waals surface area contributed by atoms with Crippen LogP contribution in [-0.4, -0.2) is 42.2 Å². The number of rotatable bonds is 10. The monoisotopic (exact) mass is 428 g/mol. The minimum absolute atomic E-state index is 0.0735. The molecule has 6 heteroatoms. The summed E-state index contributed by atoms with van der Waals surface area (Å²) in [6.45, 7) is 8.84. The van der Waals surface area contributed by atoms with Gasteiger partial charge in [-0.05, 0) is 49.6 Å². The number of nitrogens with zero attached hydrogens (tertiary/aromatic N) is 1. The van der Waals surface area contributed by atoms with Gasteiger partial charge in [-0.2, -0.15) is 0 Å². The number of hydrogen-bond acceptors (Lipinski definition) is 4. The van der Waals surface area contributed by atoms with Crippen LogP contribution in [0.2, 0.25) is 0 Å². The lowest BCUT2D eigenvalue weighted by atomic mass is 10.1. The Kier molecular flexibility index (Phi) is 9.24. The van der Waals surface area contributed by atoms with E-state index >= 15 is 0 Å². The Balaban J connectivity index is 2.14. The first kappa shape index (κ1) is 23.8. The zero-order valence-electron chi connectivity index (χ0n) is 18.5. The first-order chi connectivity index (χ1) is 14.3. The predicted octanol–water partition coefficient (Wildman–Crippen LogP) is 4.29. The fourth-order valence-corrected chi connectivity index (χ4v) is 3.65. The number of thioether (sulfide) groups is 1. The highest BCUT2D eigenvalue weighted by Gasteiger charge is 2.26. The molecule has 0 aromatic heterocycles. The van der Waals surface area contributed by atoms with Gasteiger partial charge in [-0.3, -0.25) is 9.59 Å². The molecule has 0 fully saturated rings. The van der Waals surface area contributed by atoms with Crippen molar-refractivity contribution in [3.8, 4) is 5.75 Å². The highest BCUT2D eigenvalue weighted by Crippen LogP contribution is 2.21. The maximum Gasteiger partial charge on any atom is 0.242 e. The van der Waals surface area contributed by atoms with Crippen LogP contribution < -0.4 is 10.1 Å². The molecule has 0 saturated carbocycles. The molecule has 2 aromatic rings.